The highest BCUT2D eigenvalue weighted by Gasteiger charge is 2.15. The van der Waals surface area contributed by atoms with Gasteiger partial charge in [-0.15, -0.1) is 0 Å². The molecule has 6 heteroatoms. The van der Waals surface area contributed by atoms with Gasteiger partial charge in [0.2, 0.25) is 0 Å². The van der Waals surface area contributed by atoms with Crippen LogP contribution < -0.4 is 0 Å². The van der Waals surface area contributed by atoms with Gasteiger partial charge in [-0.2, -0.15) is 0 Å². The van der Waals surface area contributed by atoms with Gasteiger partial charge in [-0.1, -0.05) is 0 Å². The van der Waals surface area contributed by atoms with E-state index in [1.54, 1.807) is 7.05 Å². The van der Waals surface area contributed by atoms with Crippen LogP contribution in [0.1, 0.15) is 23.2 Å². The molecule has 0 heterocycles. The third kappa shape index (κ3) is 4.10. The van der Waals surface area contributed by atoms with Crippen molar-refractivity contribution in [1.29, 1.82) is 0 Å². The number of hydrogen-bond donors (Lipinski definition) is 1. The van der Waals surface area contributed by atoms with Crippen LogP contribution in [0.15, 0.2) is 22.7 Å². The lowest BCUT2D eigenvalue weighted by atomic mass is 10.2. The summed E-state index contributed by atoms with van der Waals surface area (Å²) in [6.45, 7) is 0.314. The van der Waals surface area contributed by atoms with Gasteiger partial charge in [0.15, 0.2) is 0 Å². The number of halogens is 2. The SMILES string of the molecule is CN(CCCC(=O)O)C(=O)c1cc(F)ccc1Br. The number of rotatable bonds is 5. The van der Waals surface area contributed by atoms with E-state index in [2.05, 4.69) is 15.9 Å². The van der Waals surface area contributed by atoms with Crippen molar-refractivity contribution in [3.63, 3.8) is 0 Å². The number of amides is 1. The summed E-state index contributed by atoms with van der Waals surface area (Å²) in [5.41, 5.74) is 0.229. The average Bonchev–Trinajstić information content (AvgIpc) is 2.30. The largest absolute Gasteiger partial charge is 0.481 e. The molecule has 0 atom stereocenters. The molecule has 0 radical (unpaired) electrons. The summed E-state index contributed by atoms with van der Waals surface area (Å²) in [6.07, 6.45) is 0.368. The van der Waals surface area contributed by atoms with Gasteiger partial charge >= 0.3 is 5.97 Å². The first-order valence-corrected chi connectivity index (χ1v) is 6.13. The fourth-order valence-corrected chi connectivity index (χ4v) is 1.85. The number of hydrogen-bond acceptors (Lipinski definition) is 2. The van der Waals surface area contributed by atoms with E-state index < -0.39 is 11.8 Å². The zero-order valence-corrected chi connectivity index (χ0v) is 11.4. The second-order valence-corrected chi connectivity index (χ2v) is 4.70. The summed E-state index contributed by atoms with van der Waals surface area (Å²) in [4.78, 5) is 23.7. The lowest BCUT2D eigenvalue weighted by Gasteiger charge is -2.17. The van der Waals surface area contributed by atoms with Crippen LogP contribution in [-0.4, -0.2) is 35.5 Å². The number of benzene rings is 1. The summed E-state index contributed by atoms with van der Waals surface area (Å²) in [5.74, 6) is -1.73. The minimum Gasteiger partial charge on any atom is -0.481 e. The fraction of sp³-hybridized carbons (Fsp3) is 0.333. The second kappa shape index (κ2) is 6.49. The number of carboxylic acid groups (broad SMARTS) is 1. The molecule has 0 spiro atoms. The molecule has 0 saturated heterocycles. The molecule has 0 fully saturated rings. The molecule has 98 valence electrons. The Morgan fingerprint density at radius 2 is 2.11 bits per heavy atom. The molecule has 0 unspecified atom stereocenters. The Morgan fingerprint density at radius 3 is 2.72 bits per heavy atom. The van der Waals surface area contributed by atoms with Crippen LogP contribution >= 0.6 is 15.9 Å². The van der Waals surface area contributed by atoms with E-state index in [9.17, 15) is 14.0 Å². The molecule has 1 N–H and O–H groups in total. The zero-order valence-electron chi connectivity index (χ0n) is 9.82. The van der Waals surface area contributed by atoms with E-state index in [0.717, 1.165) is 6.07 Å². The molecule has 1 aromatic carbocycles. The predicted molar refractivity (Wildman–Crippen MR) is 67.9 cm³/mol. The van der Waals surface area contributed by atoms with E-state index in [1.807, 2.05) is 0 Å². The van der Waals surface area contributed by atoms with Crippen molar-refractivity contribution < 1.29 is 19.1 Å². The number of carboxylic acids is 1. The second-order valence-electron chi connectivity index (χ2n) is 3.85. The third-order valence-electron chi connectivity index (χ3n) is 2.39. The Morgan fingerprint density at radius 1 is 1.44 bits per heavy atom. The molecule has 18 heavy (non-hydrogen) atoms. The molecule has 1 rings (SSSR count). The minimum atomic E-state index is -0.900. The van der Waals surface area contributed by atoms with E-state index in [1.165, 1.54) is 17.0 Å². The zero-order chi connectivity index (χ0) is 13.7. The Labute approximate surface area is 113 Å². The highest BCUT2D eigenvalue weighted by molar-refractivity contribution is 9.10. The van der Waals surface area contributed by atoms with Gasteiger partial charge in [0.1, 0.15) is 5.82 Å². The van der Waals surface area contributed by atoms with Crippen molar-refractivity contribution in [2.75, 3.05) is 13.6 Å². The molecule has 1 amide bonds. The molecule has 0 aliphatic heterocycles. The quantitative estimate of drug-likeness (QED) is 0.907. The maximum Gasteiger partial charge on any atom is 0.303 e. The van der Waals surface area contributed by atoms with Crippen LogP contribution in [-0.2, 0) is 4.79 Å². The van der Waals surface area contributed by atoms with Crippen LogP contribution in [0.5, 0.6) is 0 Å². The molecular formula is C12H13BrFNO3. The number of aliphatic carboxylic acids is 1. The van der Waals surface area contributed by atoms with Crippen LogP contribution in [0.2, 0.25) is 0 Å². The predicted octanol–water partition coefficient (Wildman–Crippen LogP) is 2.53. The fourth-order valence-electron chi connectivity index (χ4n) is 1.44. The maximum absolute atomic E-state index is 13.1. The molecule has 0 bridgehead atoms. The Bertz CT molecular complexity index is 465. The molecule has 0 saturated carbocycles. The van der Waals surface area contributed by atoms with Gasteiger partial charge in [-0.3, -0.25) is 9.59 Å². The molecule has 0 aliphatic rings. The summed E-state index contributed by atoms with van der Waals surface area (Å²) in [6, 6.07) is 3.87. The number of nitrogens with zero attached hydrogens (tertiary/aromatic N) is 1. The number of carbonyl (C=O) groups is 2. The lowest BCUT2D eigenvalue weighted by molar-refractivity contribution is -0.137. The van der Waals surface area contributed by atoms with Crippen molar-refractivity contribution in [2.45, 2.75) is 12.8 Å². The van der Waals surface area contributed by atoms with E-state index >= 15 is 0 Å². The third-order valence-corrected chi connectivity index (χ3v) is 3.08. The van der Waals surface area contributed by atoms with Crippen LogP contribution in [0.25, 0.3) is 0 Å². The average molecular weight is 318 g/mol. The summed E-state index contributed by atoms with van der Waals surface area (Å²) in [5, 5.41) is 8.50. The van der Waals surface area contributed by atoms with Gasteiger partial charge in [0, 0.05) is 24.5 Å². The first kappa shape index (κ1) is 14.6. The van der Waals surface area contributed by atoms with Crippen LogP contribution in [0.3, 0.4) is 0 Å². The van der Waals surface area contributed by atoms with Gasteiger partial charge < -0.3 is 10.0 Å². The summed E-state index contributed by atoms with van der Waals surface area (Å²) >= 11 is 3.18. The highest BCUT2D eigenvalue weighted by Crippen LogP contribution is 2.19. The van der Waals surface area contributed by atoms with Gasteiger partial charge in [0.05, 0.1) is 5.56 Å². The topological polar surface area (TPSA) is 57.6 Å². The van der Waals surface area contributed by atoms with E-state index in [0.29, 0.717) is 17.4 Å². The molecule has 1 aromatic rings. The van der Waals surface area contributed by atoms with Gasteiger partial charge in [-0.25, -0.2) is 4.39 Å². The van der Waals surface area contributed by atoms with Crippen molar-refractivity contribution in [3.8, 4) is 0 Å². The standard InChI is InChI=1S/C12H13BrFNO3/c1-15(6-2-3-11(16)17)12(18)9-7-8(14)4-5-10(9)13/h4-5,7H,2-3,6H2,1H3,(H,16,17). The molecule has 4 nitrogen and oxygen atoms in total. The number of carbonyl (C=O) groups excluding carboxylic acids is 1. The first-order valence-electron chi connectivity index (χ1n) is 5.34. The first-order chi connectivity index (χ1) is 8.41. The maximum atomic E-state index is 13.1. The summed E-state index contributed by atoms with van der Waals surface area (Å²) < 4.78 is 13.6. The van der Waals surface area contributed by atoms with Crippen molar-refractivity contribution >= 4 is 27.8 Å². The normalized spacial score (nSPS) is 10.2. The minimum absolute atomic E-state index is 0.00193. The van der Waals surface area contributed by atoms with Crippen LogP contribution in [0, 0.1) is 5.82 Å². The summed E-state index contributed by atoms with van der Waals surface area (Å²) in [7, 11) is 1.56. The molecule has 0 aromatic heterocycles. The van der Waals surface area contributed by atoms with E-state index in [-0.39, 0.29) is 17.9 Å². The Hall–Kier alpha value is -1.43. The Balaban J connectivity index is 2.68. The van der Waals surface area contributed by atoms with Crippen molar-refractivity contribution in [2.24, 2.45) is 0 Å². The van der Waals surface area contributed by atoms with Gasteiger partial charge in [-0.05, 0) is 40.5 Å². The Kier molecular flexibility index (Phi) is 5.27. The van der Waals surface area contributed by atoms with Crippen molar-refractivity contribution in [1.82, 2.24) is 4.90 Å². The highest BCUT2D eigenvalue weighted by atomic mass is 79.9. The van der Waals surface area contributed by atoms with Crippen LogP contribution in [0.4, 0.5) is 4.39 Å². The monoisotopic (exact) mass is 317 g/mol. The van der Waals surface area contributed by atoms with Crippen molar-refractivity contribution in [3.05, 3.63) is 34.1 Å². The molecule has 0 aliphatic carbocycles. The molecular weight excluding hydrogens is 305 g/mol. The van der Waals surface area contributed by atoms with Gasteiger partial charge in [0.25, 0.3) is 5.91 Å². The van der Waals surface area contributed by atoms with E-state index in [4.69, 9.17) is 5.11 Å². The smallest absolute Gasteiger partial charge is 0.303 e. The lowest BCUT2D eigenvalue weighted by Crippen LogP contribution is -2.28.